The van der Waals surface area contributed by atoms with E-state index in [9.17, 15) is 9.70 Å². The number of amides is 1. The van der Waals surface area contributed by atoms with Gasteiger partial charge in [0.25, 0.3) is 5.91 Å². The Morgan fingerprint density at radius 2 is 1.81 bits per heavy atom. The molecule has 4 nitrogen and oxygen atoms in total. The minimum absolute atomic E-state index is 0.396. The van der Waals surface area contributed by atoms with Gasteiger partial charge in [0.2, 0.25) is 0 Å². The second-order valence-corrected chi connectivity index (χ2v) is 3.44. The summed E-state index contributed by atoms with van der Waals surface area (Å²) in [5.41, 5.74) is 0.486. The summed E-state index contributed by atoms with van der Waals surface area (Å²) in [6, 6.07) is 12.9. The smallest absolute Gasteiger partial charge is 0.267 e. The molecule has 4 heteroatoms. The summed E-state index contributed by atoms with van der Waals surface area (Å²) in [4.78, 5) is 22.1. The Balaban J connectivity index is 2.60. The molecule has 2 rings (SSSR count). The molecule has 0 bridgehead atoms. The van der Waals surface area contributed by atoms with Crippen molar-refractivity contribution in [3.63, 3.8) is 0 Å². The average Bonchev–Trinajstić information content (AvgIpc) is 2.36. The summed E-state index contributed by atoms with van der Waals surface area (Å²) in [5, 5.41) is 5.19. The van der Waals surface area contributed by atoms with E-state index in [0.717, 1.165) is 15.8 Å². The SMILES string of the molecule is CN(N=O)C(=O)c1cccc2ccccc12. The Morgan fingerprint density at radius 1 is 1.12 bits per heavy atom. The van der Waals surface area contributed by atoms with Gasteiger partial charge in [-0.05, 0) is 16.8 Å². The van der Waals surface area contributed by atoms with E-state index in [0.29, 0.717) is 5.56 Å². The molecule has 0 fully saturated rings. The molecule has 0 unspecified atom stereocenters. The molecule has 0 aromatic heterocycles. The van der Waals surface area contributed by atoms with E-state index < -0.39 is 5.91 Å². The molecule has 0 aliphatic rings. The van der Waals surface area contributed by atoms with Crippen molar-refractivity contribution in [1.82, 2.24) is 5.01 Å². The molecule has 16 heavy (non-hydrogen) atoms. The Bertz CT molecular complexity index is 546. The minimum atomic E-state index is -0.396. The lowest BCUT2D eigenvalue weighted by molar-refractivity contribution is 0.0798. The molecule has 0 aliphatic heterocycles. The molecular formula is C12H10N2O2. The van der Waals surface area contributed by atoms with E-state index in [4.69, 9.17) is 0 Å². The molecule has 0 spiro atoms. The maximum Gasteiger partial charge on any atom is 0.276 e. The molecule has 80 valence electrons. The number of carbonyl (C=O) groups excluding carboxylic acids is 1. The molecule has 1 amide bonds. The Labute approximate surface area is 92.4 Å². The summed E-state index contributed by atoms with van der Waals surface area (Å²) in [6.07, 6.45) is 0. The summed E-state index contributed by atoms with van der Waals surface area (Å²) >= 11 is 0. The minimum Gasteiger partial charge on any atom is -0.267 e. The van der Waals surface area contributed by atoms with Crippen LogP contribution in [0.4, 0.5) is 0 Å². The zero-order valence-corrected chi connectivity index (χ0v) is 8.75. The fraction of sp³-hybridized carbons (Fsp3) is 0.0833. The first-order chi connectivity index (χ1) is 7.74. The van der Waals surface area contributed by atoms with Gasteiger partial charge in [-0.2, -0.15) is 5.01 Å². The maximum atomic E-state index is 11.8. The van der Waals surface area contributed by atoms with Crippen LogP contribution in [0.3, 0.4) is 0 Å². The summed E-state index contributed by atoms with van der Waals surface area (Å²) in [5.74, 6) is -0.396. The van der Waals surface area contributed by atoms with Crippen molar-refractivity contribution in [2.45, 2.75) is 0 Å². The van der Waals surface area contributed by atoms with Gasteiger partial charge in [-0.1, -0.05) is 36.4 Å². The third kappa shape index (κ3) is 1.65. The third-order valence-electron chi connectivity index (χ3n) is 2.44. The molecule has 0 heterocycles. The molecule has 0 radical (unpaired) electrons. The Hall–Kier alpha value is -2.23. The lowest BCUT2D eigenvalue weighted by Gasteiger charge is -2.09. The highest BCUT2D eigenvalue weighted by Gasteiger charge is 2.14. The molecule has 0 N–H and O–H groups in total. The normalized spacial score (nSPS) is 10.1. The topological polar surface area (TPSA) is 49.7 Å². The lowest BCUT2D eigenvalue weighted by Crippen LogP contribution is -2.20. The highest BCUT2D eigenvalue weighted by Crippen LogP contribution is 2.19. The zero-order valence-electron chi connectivity index (χ0n) is 8.75. The maximum absolute atomic E-state index is 11.8. The van der Waals surface area contributed by atoms with Gasteiger partial charge in [0, 0.05) is 12.6 Å². The summed E-state index contributed by atoms with van der Waals surface area (Å²) < 4.78 is 0. The number of fused-ring (bicyclic) bond motifs is 1. The van der Waals surface area contributed by atoms with Crippen LogP contribution in [-0.4, -0.2) is 18.0 Å². The highest BCUT2D eigenvalue weighted by atomic mass is 16.3. The first kappa shape index (κ1) is 10.3. The number of hydrogen-bond donors (Lipinski definition) is 0. The molecule has 0 aliphatic carbocycles. The van der Waals surface area contributed by atoms with Crippen LogP contribution < -0.4 is 0 Å². The van der Waals surface area contributed by atoms with Gasteiger partial charge in [-0.15, -0.1) is 4.91 Å². The summed E-state index contributed by atoms with van der Waals surface area (Å²) in [6.45, 7) is 0. The van der Waals surface area contributed by atoms with E-state index in [1.807, 2.05) is 30.3 Å². The van der Waals surface area contributed by atoms with Gasteiger partial charge in [0.05, 0.1) is 5.29 Å². The van der Waals surface area contributed by atoms with Crippen molar-refractivity contribution in [2.24, 2.45) is 5.29 Å². The number of rotatable bonds is 2. The number of benzene rings is 2. The average molecular weight is 214 g/mol. The molecule has 0 atom stereocenters. The second-order valence-electron chi connectivity index (χ2n) is 3.44. The molecule has 2 aromatic carbocycles. The van der Waals surface area contributed by atoms with Gasteiger partial charge < -0.3 is 0 Å². The Kier molecular flexibility index (Phi) is 2.64. The number of carbonyl (C=O) groups is 1. The first-order valence-corrected chi connectivity index (χ1v) is 4.83. The van der Waals surface area contributed by atoms with Crippen LogP contribution in [0.15, 0.2) is 47.8 Å². The van der Waals surface area contributed by atoms with Gasteiger partial charge >= 0.3 is 0 Å². The fourth-order valence-electron chi connectivity index (χ4n) is 1.62. The molecule has 0 saturated carbocycles. The quantitative estimate of drug-likeness (QED) is 0.569. The van der Waals surface area contributed by atoms with Crippen LogP contribution >= 0.6 is 0 Å². The van der Waals surface area contributed by atoms with E-state index in [1.165, 1.54) is 7.05 Å². The van der Waals surface area contributed by atoms with Crippen LogP contribution in [0.2, 0.25) is 0 Å². The number of nitroso groups, excluding NO2 is 1. The van der Waals surface area contributed by atoms with Crippen LogP contribution in [0.1, 0.15) is 10.4 Å². The monoisotopic (exact) mass is 214 g/mol. The van der Waals surface area contributed by atoms with Crippen LogP contribution in [0.5, 0.6) is 0 Å². The van der Waals surface area contributed by atoms with Crippen molar-refractivity contribution in [1.29, 1.82) is 0 Å². The zero-order chi connectivity index (χ0) is 11.5. The first-order valence-electron chi connectivity index (χ1n) is 4.83. The van der Waals surface area contributed by atoms with Crippen LogP contribution in [0, 0.1) is 4.91 Å². The van der Waals surface area contributed by atoms with Gasteiger partial charge in [-0.3, -0.25) is 4.79 Å². The fourth-order valence-corrected chi connectivity index (χ4v) is 1.62. The van der Waals surface area contributed by atoms with Crippen molar-refractivity contribution < 1.29 is 4.79 Å². The predicted molar refractivity (Wildman–Crippen MR) is 61.8 cm³/mol. The van der Waals surface area contributed by atoms with Gasteiger partial charge in [-0.25, -0.2) is 0 Å². The van der Waals surface area contributed by atoms with Gasteiger partial charge in [0.1, 0.15) is 0 Å². The standard InChI is InChI=1S/C12H10N2O2/c1-14(13-16)12(15)11-8-4-6-9-5-2-3-7-10(9)11/h2-8H,1H3. The van der Waals surface area contributed by atoms with Crippen molar-refractivity contribution in [2.75, 3.05) is 7.05 Å². The highest BCUT2D eigenvalue weighted by molar-refractivity contribution is 6.06. The van der Waals surface area contributed by atoms with Gasteiger partial charge in [0.15, 0.2) is 0 Å². The van der Waals surface area contributed by atoms with E-state index in [2.05, 4.69) is 5.29 Å². The number of hydrogen-bond acceptors (Lipinski definition) is 3. The van der Waals surface area contributed by atoms with Crippen molar-refractivity contribution in [3.05, 3.63) is 52.9 Å². The molecule has 2 aromatic rings. The van der Waals surface area contributed by atoms with E-state index >= 15 is 0 Å². The Morgan fingerprint density at radius 3 is 2.56 bits per heavy atom. The number of nitrogens with zero attached hydrogens (tertiary/aromatic N) is 2. The van der Waals surface area contributed by atoms with Crippen LogP contribution in [0.25, 0.3) is 10.8 Å². The van der Waals surface area contributed by atoms with E-state index in [1.54, 1.807) is 12.1 Å². The largest absolute Gasteiger partial charge is 0.276 e. The summed E-state index contributed by atoms with van der Waals surface area (Å²) in [7, 11) is 1.34. The molecular weight excluding hydrogens is 204 g/mol. The van der Waals surface area contributed by atoms with Crippen molar-refractivity contribution >= 4 is 16.7 Å². The molecule has 0 saturated heterocycles. The second kappa shape index (κ2) is 4.10. The van der Waals surface area contributed by atoms with E-state index in [-0.39, 0.29) is 0 Å². The third-order valence-corrected chi connectivity index (χ3v) is 2.44. The van der Waals surface area contributed by atoms with Crippen LogP contribution in [-0.2, 0) is 0 Å². The predicted octanol–water partition coefficient (Wildman–Crippen LogP) is 2.59. The lowest BCUT2D eigenvalue weighted by atomic mass is 10.0. The van der Waals surface area contributed by atoms with Crippen molar-refractivity contribution in [3.8, 4) is 0 Å².